The molecule has 1 aliphatic carbocycles. The molecule has 0 radical (unpaired) electrons. The fraction of sp³-hybridized carbons (Fsp3) is 0.412. The molecule has 5 aliphatic rings. The van der Waals surface area contributed by atoms with Gasteiger partial charge in [0.2, 0.25) is 17.7 Å². The smallest absolute Gasteiger partial charge is 0.276 e. The molecule has 5 amide bonds. The van der Waals surface area contributed by atoms with E-state index in [1.54, 1.807) is 66.9 Å². The van der Waals surface area contributed by atoms with Gasteiger partial charge in [-0.3, -0.25) is 43.9 Å². The Kier molecular flexibility index (Phi) is 12.0. The topological polar surface area (TPSA) is 228 Å². The first kappa shape index (κ1) is 46.4. The minimum atomic E-state index is -1.36. The molecule has 5 N–H and O–H groups in total. The Bertz CT molecular complexity index is 3020. The minimum absolute atomic E-state index is 0.0106. The molecule has 4 aliphatic heterocycles. The van der Waals surface area contributed by atoms with Crippen molar-refractivity contribution < 1.29 is 34.2 Å². The predicted octanol–water partition coefficient (Wildman–Crippen LogP) is 3.85. The number of amides is 5. The molecule has 8 heterocycles. The third-order valence-corrected chi connectivity index (χ3v) is 14.4. The number of fused-ring (bicyclic) bond motifs is 4. The number of anilines is 5. The average molecular weight is 952 g/mol. The lowest BCUT2D eigenvalue weighted by atomic mass is 9.90. The van der Waals surface area contributed by atoms with Crippen LogP contribution in [0.1, 0.15) is 95.9 Å². The number of pyridine rings is 3. The number of imide groups is 1. The fourth-order valence-corrected chi connectivity index (χ4v) is 11.0. The second-order valence-electron chi connectivity index (χ2n) is 19.8. The number of rotatable bonds is 12. The number of piperidine rings is 1. The number of carbonyl (C=O) groups is 5. The van der Waals surface area contributed by atoms with E-state index in [0.29, 0.717) is 97.4 Å². The molecule has 0 bridgehead atoms. The first-order valence-electron chi connectivity index (χ1n) is 23.9. The maximum atomic E-state index is 14.0. The van der Waals surface area contributed by atoms with Crippen LogP contribution in [0.25, 0.3) is 11.1 Å². The van der Waals surface area contributed by atoms with Crippen LogP contribution < -0.4 is 31.3 Å². The number of nitrogens with one attached hydrogen (secondary N) is 3. The highest BCUT2D eigenvalue weighted by atomic mass is 16.3. The third-order valence-electron chi connectivity index (χ3n) is 14.4. The van der Waals surface area contributed by atoms with Crippen molar-refractivity contribution in [2.45, 2.75) is 90.8 Å². The van der Waals surface area contributed by atoms with E-state index in [1.807, 2.05) is 17.0 Å². The summed E-state index contributed by atoms with van der Waals surface area (Å²) in [6.45, 7) is 9.25. The summed E-state index contributed by atoms with van der Waals surface area (Å²) in [7, 11) is 1.66. The molecular weight excluding hydrogens is 895 g/mol. The van der Waals surface area contributed by atoms with E-state index in [0.717, 1.165) is 23.4 Å². The van der Waals surface area contributed by atoms with Crippen molar-refractivity contribution in [3.8, 4) is 11.1 Å². The van der Waals surface area contributed by atoms with Gasteiger partial charge in [0.1, 0.15) is 29.1 Å². The third kappa shape index (κ3) is 8.35. The fourth-order valence-electron chi connectivity index (χ4n) is 11.0. The number of nitrogens with zero attached hydrogens (tertiary/aromatic N) is 8. The summed E-state index contributed by atoms with van der Waals surface area (Å²) in [5, 5.41) is 30.7. The molecule has 364 valence electrons. The van der Waals surface area contributed by atoms with Crippen molar-refractivity contribution in [1.29, 1.82) is 0 Å². The van der Waals surface area contributed by atoms with Crippen LogP contribution in [0.5, 0.6) is 0 Å². The number of carbonyl (C=O) groups excluding carboxylic acids is 5. The molecule has 0 spiro atoms. The lowest BCUT2D eigenvalue weighted by Crippen LogP contribution is -2.53. The van der Waals surface area contributed by atoms with Gasteiger partial charge in [0, 0.05) is 111 Å². The quantitative estimate of drug-likeness (QED) is 0.0886. The maximum absolute atomic E-state index is 14.0. The van der Waals surface area contributed by atoms with Gasteiger partial charge < -0.3 is 39.8 Å². The van der Waals surface area contributed by atoms with Crippen molar-refractivity contribution in [1.82, 2.24) is 34.2 Å². The van der Waals surface area contributed by atoms with Gasteiger partial charge in [-0.25, -0.2) is 9.97 Å². The number of aliphatic hydroxyl groups is 2. The van der Waals surface area contributed by atoms with Gasteiger partial charge in [-0.2, -0.15) is 0 Å². The molecule has 2 unspecified atom stereocenters. The van der Waals surface area contributed by atoms with E-state index in [-0.39, 0.29) is 59.5 Å². The zero-order valence-electron chi connectivity index (χ0n) is 39.7. The number of aromatic nitrogens is 4. The number of aliphatic hydroxyl groups excluding tert-OH is 2. The van der Waals surface area contributed by atoms with Gasteiger partial charge >= 0.3 is 0 Å². The largest absolute Gasteiger partial charge is 0.392 e. The summed E-state index contributed by atoms with van der Waals surface area (Å²) in [6.07, 6.45) is 6.56. The maximum Gasteiger partial charge on any atom is 0.276 e. The van der Waals surface area contributed by atoms with Crippen LogP contribution in [0, 0.1) is 5.41 Å². The normalized spacial score (nSPS) is 20.6. The Hall–Kier alpha value is -7.38. The molecule has 19 heteroatoms. The van der Waals surface area contributed by atoms with Gasteiger partial charge in [0.15, 0.2) is 6.23 Å². The van der Waals surface area contributed by atoms with Crippen LogP contribution in [-0.2, 0) is 47.4 Å². The highest BCUT2D eigenvalue weighted by Crippen LogP contribution is 2.42. The van der Waals surface area contributed by atoms with E-state index in [2.05, 4.69) is 56.2 Å². The zero-order valence-corrected chi connectivity index (χ0v) is 39.7. The van der Waals surface area contributed by atoms with E-state index < -0.39 is 30.0 Å². The van der Waals surface area contributed by atoms with Crippen molar-refractivity contribution in [2.75, 3.05) is 53.2 Å². The molecular formula is C51H57N11O8. The minimum Gasteiger partial charge on any atom is -0.392 e. The standard InChI is InChI=1S/C51H57N11O8/c1-29-26-58(43(65)9-6-15-52-36-8-5-7-34-44(36)50(70)62(47(34)67)38-11-13-42(64)56-46(38)66)17-18-59(29)32-10-12-41(54-25-32)55-37-21-31(27-57(4)48(37)68)33-14-16-53-45(35(33)28-63)61-20-19-60-39(49(61)69)22-30-23-51(2,3)24-40(30)60/h5,7-8,10,12,14,16,21-22,25,27,29,38,50,52,63,70H,6,9,11,13,15,17-20,23-24,26,28H2,1-4H3,(H,54,55)(H,56,64,66)/t29-,38?,50?/m0/s1. The molecule has 2 saturated heterocycles. The monoisotopic (exact) mass is 951 g/mol. The Balaban J connectivity index is 0.747. The van der Waals surface area contributed by atoms with Crippen LogP contribution >= 0.6 is 0 Å². The van der Waals surface area contributed by atoms with E-state index in [9.17, 15) is 39.0 Å². The molecule has 2 fully saturated rings. The van der Waals surface area contributed by atoms with Gasteiger partial charge in [0.25, 0.3) is 17.4 Å². The summed E-state index contributed by atoms with van der Waals surface area (Å²) in [6, 6.07) is 13.3. The Morgan fingerprint density at radius 1 is 0.943 bits per heavy atom. The number of hydrogen-bond acceptors (Lipinski definition) is 13. The van der Waals surface area contributed by atoms with Gasteiger partial charge in [-0.15, -0.1) is 0 Å². The van der Waals surface area contributed by atoms with E-state index in [4.69, 9.17) is 0 Å². The summed E-state index contributed by atoms with van der Waals surface area (Å²) < 4.78 is 3.61. The Morgan fingerprint density at radius 3 is 2.53 bits per heavy atom. The molecule has 4 aromatic heterocycles. The zero-order chi connectivity index (χ0) is 49.2. The average Bonchev–Trinajstić information content (AvgIpc) is 3.93. The van der Waals surface area contributed by atoms with Crippen LogP contribution in [0.2, 0.25) is 0 Å². The first-order chi connectivity index (χ1) is 33.6. The molecule has 3 atom stereocenters. The lowest BCUT2D eigenvalue weighted by molar-refractivity contribution is -0.139. The van der Waals surface area contributed by atoms with Gasteiger partial charge in [0.05, 0.1) is 18.5 Å². The van der Waals surface area contributed by atoms with E-state index >= 15 is 0 Å². The number of aryl methyl sites for hydroxylation is 1. The number of benzene rings is 1. The molecule has 1 aromatic carbocycles. The molecule has 5 aromatic rings. The molecule has 0 saturated carbocycles. The summed E-state index contributed by atoms with van der Waals surface area (Å²) in [5.74, 6) is -0.782. The summed E-state index contributed by atoms with van der Waals surface area (Å²) >= 11 is 0. The van der Waals surface area contributed by atoms with Crippen LogP contribution in [-0.4, -0.2) is 113 Å². The van der Waals surface area contributed by atoms with Gasteiger partial charge in [-0.05, 0) is 91.6 Å². The highest BCUT2D eigenvalue weighted by Gasteiger charge is 2.45. The molecule has 19 nitrogen and oxygen atoms in total. The lowest BCUT2D eigenvalue weighted by Gasteiger charge is -2.41. The summed E-state index contributed by atoms with van der Waals surface area (Å²) in [4.78, 5) is 94.5. The van der Waals surface area contributed by atoms with Crippen molar-refractivity contribution in [3.05, 3.63) is 111 Å². The van der Waals surface area contributed by atoms with E-state index in [1.165, 1.54) is 15.8 Å². The Labute approximate surface area is 404 Å². The Morgan fingerprint density at radius 2 is 1.77 bits per heavy atom. The number of hydrogen-bond donors (Lipinski definition) is 5. The summed E-state index contributed by atoms with van der Waals surface area (Å²) in [5.41, 5.74) is 7.10. The SMILES string of the molecule is C[C@H]1CN(C(=O)CCCNc2cccc3c2C(O)N(C2CCC(=O)NC2=O)C3=O)CCN1c1ccc(Nc2cc(-c3ccnc(N4CCn5c(cc6c5CC(C)(C)C6)C4=O)c3CO)cn(C)c2=O)nc1. The number of piperazine rings is 1. The predicted molar refractivity (Wildman–Crippen MR) is 261 cm³/mol. The highest BCUT2D eigenvalue weighted by molar-refractivity contribution is 6.07. The van der Waals surface area contributed by atoms with Gasteiger partial charge in [-0.1, -0.05) is 19.9 Å². The molecule has 10 rings (SSSR count). The first-order valence-corrected chi connectivity index (χ1v) is 23.9. The second-order valence-corrected chi connectivity index (χ2v) is 19.8. The molecule has 70 heavy (non-hydrogen) atoms. The second kappa shape index (κ2) is 18.2. The van der Waals surface area contributed by atoms with Crippen LogP contribution in [0.15, 0.2) is 71.9 Å². The van der Waals surface area contributed by atoms with Crippen molar-refractivity contribution in [3.63, 3.8) is 0 Å². The van der Waals surface area contributed by atoms with Crippen LogP contribution in [0.3, 0.4) is 0 Å². The van der Waals surface area contributed by atoms with Crippen molar-refractivity contribution >= 4 is 58.2 Å². The van der Waals surface area contributed by atoms with Crippen LogP contribution in [0.4, 0.5) is 28.7 Å². The van der Waals surface area contributed by atoms with Crippen molar-refractivity contribution in [2.24, 2.45) is 12.5 Å².